The molecule has 0 saturated carbocycles. The van der Waals surface area contributed by atoms with Gasteiger partial charge in [-0.25, -0.2) is 0 Å². The molecule has 2 aromatic rings. The molecule has 2 fully saturated rings. The van der Waals surface area contributed by atoms with Crippen molar-refractivity contribution in [3.63, 3.8) is 0 Å². The molecule has 1 N–H and O–H groups in total. The fourth-order valence-electron chi connectivity index (χ4n) is 3.09. The van der Waals surface area contributed by atoms with Crippen LogP contribution in [0.25, 0.3) is 6.08 Å². The zero-order valence-corrected chi connectivity index (χ0v) is 15.5. The van der Waals surface area contributed by atoms with Gasteiger partial charge < -0.3 is 19.2 Å². The molecule has 2 aliphatic rings. The molecular formula is C20H20N2O4S. The number of ether oxygens (including phenoxy) is 2. The second-order valence-corrected chi connectivity index (χ2v) is 6.83. The summed E-state index contributed by atoms with van der Waals surface area (Å²) in [4.78, 5) is 14.2. The van der Waals surface area contributed by atoms with Crippen LogP contribution in [-0.2, 0) is 16.1 Å². The summed E-state index contributed by atoms with van der Waals surface area (Å²) in [6.45, 7) is 1.55. The van der Waals surface area contributed by atoms with Crippen molar-refractivity contribution in [2.45, 2.75) is 25.6 Å². The van der Waals surface area contributed by atoms with Crippen molar-refractivity contribution in [1.29, 1.82) is 0 Å². The Kier molecular flexibility index (Phi) is 5.22. The molecule has 1 unspecified atom stereocenters. The molecule has 1 atom stereocenters. The predicted octanol–water partition coefficient (Wildman–Crippen LogP) is 3.10. The first-order valence-electron chi connectivity index (χ1n) is 8.92. The first-order valence-corrected chi connectivity index (χ1v) is 9.32. The lowest BCUT2D eigenvalue weighted by Crippen LogP contribution is -2.37. The first kappa shape index (κ1) is 17.8. The van der Waals surface area contributed by atoms with E-state index in [0.717, 1.165) is 25.2 Å². The molecule has 0 spiro atoms. The van der Waals surface area contributed by atoms with E-state index in [1.54, 1.807) is 17.0 Å². The predicted molar refractivity (Wildman–Crippen MR) is 104 cm³/mol. The van der Waals surface area contributed by atoms with E-state index < -0.39 is 0 Å². The number of benzene rings is 1. The summed E-state index contributed by atoms with van der Waals surface area (Å²) in [5.74, 6) is 1.86. The van der Waals surface area contributed by atoms with Crippen molar-refractivity contribution >= 4 is 29.3 Å². The average molecular weight is 384 g/mol. The van der Waals surface area contributed by atoms with E-state index in [4.69, 9.17) is 26.1 Å². The Morgan fingerprint density at radius 3 is 2.89 bits per heavy atom. The molecule has 0 bridgehead atoms. The first-order chi connectivity index (χ1) is 13.2. The van der Waals surface area contributed by atoms with Gasteiger partial charge in [-0.3, -0.25) is 9.69 Å². The number of amides is 1. The average Bonchev–Trinajstić information content (AvgIpc) is 3.40. The van der Waals surface area contributed by atoms with Crippen LogP contribution >= 0.6 is 12.2 Å². The maximum atomic E-state index is 12.6. The molecule has 3 heterocycles. The van der Waals surface area contributed by atoms with Gasteiger partial charge >= 0.3 is 0 Å². The van der Waals surface area contributed by atoms with Crippen LogP contribution < -0.4 is 10.1 Å². The molecule has 2 saturated heterocycles. The molecule has 0 aliphatic carbocycles. The standard InChI is InChI=1S/C20H20N2O4S/c23-19-18(21-20(27)22(19)12-16-7-4-10-24-16)11-15-8-9-17(26-15)13-25-14-5-2-1-3-6-14/h1-3,5-6,8-9,11,16H,4,7,10,12-13H2,(H,21,27). The molecule has 27 heavy (non-hydrogen) atoms. The van der Waals surface area contributed by atoms with E-state index in [-0.39, 0.29) is 12.0 Å². The minimum absolute atomic E-state index is 0.0541. The van der Waals surface area contributed by atoms with Crippen LogP contribution in [0.4, 0.5) is 0 Å². The second kappa shape index (κ2) is 7.94. The third-order valence-corrected chi connectivity index (χ3v) is 4.79. The van der Waals surface area contributed by atoms with Crippen LogP contribution in [-0.4, -0.2) is 35.2 Å². The smallest absolute Gasteiger partial charge is 0.276 e. The molecule has 1 amide bonds. The molecule has 1 aromatic heterocycles. The number of furan rings is 1. The number of nitrogens with zero attached hydrogens (tertiary/aromatic N) is 1. The summed E-state index contributed by atoms with van der Waals surface area (Å²) >= 11 is 5.29. The van der Waals surface area contributed by atoms with Crippen molar-refractivity contribution in [2.75, 3.05) is 13.2 Å². The van der Waals surface area contributed by atoms with Gasteiger partial charge in [-0.15, -0.1) is 0 Å². The topological polar surface area (TPSA) is 63.9 Å². The van der Waals surface area contributed by atoms with Gasteiger partial charge in [0.15, 0.2) is 5.11 Å². The normalized spacial score (nSPS) is 21.1. The molecule has 140 valence electrons. The number of nitrogens with one attached hydrogen (secondary N) is 1. The number of carbonyl (C=O) groups is 1. The summed E-state index contributed by atoms with van der Waals surface area (Å²) in [5, 5.41) is 3.37. The number of rotatable bonds is 6. The van der Waals surface area contributed by atoms with Crippen LogP contribution in [0.2, 0.25) is 0 Å². The fourth-order valence-corrected chi connectivity index (χ4v) is 3.36. The van der Waals surface area contributed by atoms with Crippen molar-refractivity contribution in [2.24, 2.45) is 0 Å². The Morgan fingerprint density at radius 2 is 2.11 bits per heavy atom. The van der Waals surface area contributed by atoms with Gasteiger partial charge in [0.05, 0.1) is 12.6 Å². The molecule has 1 aromatic carbocycles. The van der Waals surface area contributed by atoms with E-state index in [1.807, 2.05) is 36.4 Å². The van der Waals surface area contributed by atoms with E-state index in [2.05, 4.69) is 5.32 Å². The maximum absolute atomic E-state index is 12.6. The van der Waals surface area contributed by atoms with Gasteiger partial charge in [0.1, 0.15) is 29.6 Å². The third kappa shape index (κ3) is 4.20. The molecule has 0 radical (unpaired) electrons. The fraction of sp³-hybridized carbons (Fsp3) is 0.300. The number of para-hydroxylation sites is 1. The minimum atomic E-state index is -0.158. The van der Waals surface area contributed by atoms with Gasteiger partial charge in [-0.2, -0.15) is 0 Å². The number of thiocarbonyl (C=S) groups is 1. The summed E-state index contributed by atoms with van der Waals surface area (Å²) in [6, 6.07) is 13.2. The van der Waals surface area contributed by atoms with Crippen molar-refractivity contribution < 1.29 is 18.7 Å². The van der Waals surface area contributed by atoms with Gasteiger partial charge in [0.25, 0.3) is 5.91 Å². The third-order valence-electron chi connectivity index (χ3n) is 4.47. The van der Waals surface area contributed by atoms with Crippen molar-refractivity contribution in [3.8, 4) is 5.75 Å². The molecular weight excluding hydrogens is 364 g/mol. The quantitative estimate of drug-likeness (QED) is 0.610. The highest BCUT2D eigenvalue weighted by Crippen LogP contribution is 2.20. The lowest BCUT2D eigenvalue weighted by atomic mass is 10.2. The number of carbonyl (C=O) groups excluding carboxylic acids is 1. The highest BCUT2D eigenvalue weighted by molar-refractivity contribution is 7.80. The Labute approximate surface area is 162 Å². The summed E-state index contributed by atoms with van der Waals surface area (Å²) in [5.41, 5.74) is 0.405. The van der Waals surface area contributed by atoms with Crippen molar-refractivity contribution in [1.82, 2.24) is 10.2 Å². The van der Waals surface area contributed by atoms with Gasteiger partial charge in [-0.1, -0.05) is 18.2 Å². The molecule has 6 nitrogen and oxygen atoms in total. The van der Waals surface area contributed by atoms with Crippen LogP contribution in [0.1, 0.15) is 24.4 Å². The van der Waals surface area contributed by atoms with E-state index in [9.17, 15) is 4.79 Å². The Balaban J connectivity index is 1.39. The second-order valence-electron chi connectivity index (χ2n) is 6.44. The Morgan fingerprint density at radius 1 is 1.26 bits per heavy atom. The zero-order valence-electron chi connectivity index (χ0n) is 14.7. The summed E-state index contributed by atoms with van der Waals surface area (Å²) in [6.07, 6.45) is 3.69. The van der Waals surface area contributed by atoms with Crippen LogP contribution in [0.5, 0.6) is 5.75 Å². The van der Waals surface area contributed by atoms with Gasteiger partial charge in [-0.05, 0) is 49.3 Å². The van der Waals surface area contributed by atoms with Crippen LogP contribution in [0.3, 0.4) is 0 Å². The van der Waals surface area contributed by atoms with Crippen molar-refractivity contribution in [3.05, 3.63) is 59.7 Å². The van der Waals surface area contributed by atoms with Crippen LogP contribution in [0, 0.1) is 0 Å². The minimum Gasteiger partial charge on any atom is -0.486 e. The monoisotopic (exact) mass is 384 g/mol. The number of hydrogen-bond acceptors (Lipinski definition) is 5. The summed E-state index contributed by atoms with van der Waals surface area (Å²) < 4.78 is 17.0. The zero-order chi connectivity index (χ0) is 18.6. The van der Waals surface area contributed by atoms with E-state index in [0.29, 0.717) is 35.5 Å². The Hall–Kier alpha value is -2.64. The van der Waals surface area contributed by atoms with E-state index in [1.165, 1.54) is 0 Å². The highest BCUT2D eigenvalue weighted by Gasteiger charge is 2.33. The molecule has 7 heteroatoms. The Bertz CT molecular complexity index is 856. The maximum Gasteiger partial charge on any atom is 0.276 e. The highest BCUT2D eigenvalue weighted by atomic mass is 32.1. The molecule has 2 aliphatic heterocycles. The summed E-state index contributed by atoms with van der Waals surface area (Å²) in [7, 11) is 0. The van der Waals surface area contributed by atoms with E-state index >= 15 is 0 Å². The number of hydrogen-bond donors (Lipinski definition) is 1. The lowest BCUT2D eigenvalue weighted by molar-refractivity contribution is -0.123. The van der Waals surface area contributed by atoms with Gasteiger partial charge in [0.2, 0.25) is 0 Å². The largest absolute Gasteiger partial charge is 0.486 e. The SMILES string of the molecule is O=C1C(=Cc2ccc(COc3ccccc3)o2)NC(=S)N1CC1CCCO1. The van der Waals surface area contributed by atoms with Crippen LogP contribution in [0.15, 0.2) is 52.6 Å². The van der Waals surface area contributed by atoms with Gasteiger partial charge in [0, 0.05) is 12.7 Å². The molecule has 4 rings (SSSR count). The lowest BCUT2D eigenvalue weighted by Gasteiger charge is -2.18.